The molecule has 0 heterocycles. The van der Waals surface area contributed by atoms with Gasteiger partial charge in [-0.05, 0) is 5.56 Å². The van der Waals surface area contributed by atoms with Crippen molar-refractivity contribution in [2.24, 2.45) is 0 Å². The van der Waals surface area contributed by atoms with Gasteiger partial charge < -0.3 is 15.2 Å². The number of amides is 1. The van der Waals surface area contributed by atoms with Crippen molar-refractivity contribution in [2.75, 3.05) is 0 Å². The van der Waals surface area contributed by atoms with Crippen LogP contribution in [0, 0.1) is 0 Å². The Hall–Kier alpha value is -1.17. The summed E-state index contributed by atoms with van der Waals surface area (Å²) < 4.78 is 4.62. The number of alkyl carbamates (subject to hydrolysis) is 1. The molecule has 20 heavy (non-hydrogen) atoms. The zero-order valence-corrected chi connectivity index (χ0v) is 12.4. The van der Waals surface area contributed by atoms with Gasteiger partial charge in [0, 0.05) is 6.42 Å². The lowest BCUT2D eigenvalue weighted by Gasteiger charge is -2.17. The summed E-state index contributed by atoms with van der Waals surface area (Å²) in [6.07, 6.45) is -0.886. The van der Waals surface area contributed by atoms with Gasteiger partial charge in [0.25, 0.3) is 0 Å². The summed E-state index contributed by atoms with van der Waals surface area (Å²) in [5.74, 6) is -1.19. The van der Waals surface area contributed by atoms with Gasteiger partial charge in [0.1, 0.15) is 6.04 Å². The number of rotatable bonds is 6. The predicted molar refractivity (Wildman–Crippen MR) is 76.3 cm³/mol. The molecular weight excluding hydrogens is 328 g/mol. The second-order valence-electron chi connectivity index (χ2n) is 3.82. The summed E-state index contributed by atoms with van der Waals surface area (Å²) in [7, 11) is 0. The van der Waals surface area contributed by atoms with Crippen molar-refractivity contribution in [2.45, 2.75) is 22.9 Å². The standard InChI is InChI=1S/C12H12Cl3NO4/c13-9(14)10(15)20-12(19)16-8(11(17)18)6-7-4-2-1-3-5-7/h1-5,8-10H,6H2,(H,16,19)(H,17,18)/t8-,10?/m0/s1. The van der Waals surface area contributed by atoms with Crippen molar-refractivity contribution in [3.05, 3.63) is 35.9 Å². The van der Waals surface area contributed by atoms with Crippen LogP contribution in [0.2, 0.25) is 0 Å². The van der Waals surface area contributed by atoms with Crippen molar-refractivity contribution in [3.8, 4) is 0 Å². The molecule has 0 spiro atoms. The summed E-state index contributed by atoms with van der Waals surface area (Å²) in [4.78, 5) is 21.5. The Morgan fingerprint density at radius 3 is 2.30 bits per heavy atom. The summed E-state index contributed by atoms with van der Waals surface area (Å²) in [5.41, 5.74) is -0.500. The molecule has 0 radical (unpaired) electrons. The first kappa shape index (κ1) is 16.9. The van der Waals surface area contributed by atoms with E-state index in [9.17, 15) is 9.59 Å². The largest absolute Gasteiger partial charge is 0.480 e. The van der Waals surface area contributed by atoms with E-state index in [4.69, 9.17) is 39.9 Å². The lowest BCUT2D eigenvalue weighted by atomic mass is 10.1. The Kier molecular flexibility index (Phi) is 6.91. The number of aliphatic carboxylic acids is 1. The van der Waals surface area contributed by atoms with Gasteiger partial charge in [-0.2, -0.15) is 0 Å². The van der Waals surface area contributed by atoms with Crippen LogP contribution < -0.4 is 5.32 Å². The van der Waals surface area contributed by atoms with E-state index in [1.165, 1.54) is 0 Å². The summed E-state index contributed by atoms with van der Waals surface area (Å²) in [6, 6.07) is 7.71. The van der Waals surface area contributed by atoms with Gasteiger partial charge in [-0.1, -0.05) is 65.1 Å². The van der Waals surface area contributed by atoms with Crippen LogP contribution in [0.1, 0.15) is 5.56 Å². The second-order valence-corrected chi connectivity index (χ2v) is 5.41. The van der Waals surface area contributed by atoms with Crippen molar-refractivity contribution < 1.29 is 19.4 Å². The third kappa shape index (κ3) is 5.86. The molecule has 5 nitrogen and oxygen atoms in total. The van der Waals surface area contributed by atoms with Gasteiger partial charge in [0.2, 0.25) is 5.56 Å². The molecule has 1 aromatic carbocycles. The highest BCUT2D eigenvalue weighted by Gasteiger charge is 2.24. The Balaban J connectivity index is 2.59. The van der Waals surface area contributed by atoms with E-state index in [-0.39, 0.29) is 6.42 Å². The fraction of sp³-hybridized carbons (Fsp3) is 0.333. The van der Waals surface area contributed by atoms with Crippen molar-refractivity contribution in [1.82, 2.24) is 5.32 Å². The molecule has 0 fully saturated rings. The third-order valence-corrected chi connectivity index (χ3v) is 3.35. The SMILES string of the molecule is O=C(N[C@@H](Cc1ccccc1)C(=O)O)OC(Cl)C(Cl)Cl. The number of carbonyl (C=O) groups is 2. The van der Waals surface area contributed by atoms with Crippen LogP contribution in [0.4, 0.5) is 4.79 Å². The van der Waals surface area contributed by atoms with Crippen LogP contribution >= 0.6 is 34.8 Å². The van der Waals surface area contributed by atoms with Crippen LogP contribution in [0.3, 0.4) is 0 Å². The first-order valence-electron chi connectivity index (χ1n) is 5.56. The van der Waals surface area contributed by atoms with Crippen LogP contribution in [0.15, 0.2) is 30.3 Å². The maximum Gasteiger partial charge on any atom is 0.409 e. The number of ether oxygens (including phenoxy) is 1. The lowest BCUT2D eigenvalue weighted by Crippen LogP contribution is -2.43. The Morgan fingerprint density at radius 2 is 1.80 bits per heavy atom. The number of hydrogen-bond donors (Lipinski definition) is 2. The first-order chi connectivity index (χ1) is 9.40. The average molecular weight is 341 g/mol. The van der Waals surface area contributed by atoms with Crippen LogP contribution in [-0.2, 0) is 16.0 Å². The maximum absolute atomic E-state index is 11.5. The van der Waals surface area contributed by atoms with Crippen molar-refractivity contribution in [3.63, 3.8) is 0 Å². The van der Waals surface area contributed by atoms with Gasteiger partial charge in [0.15, 0.2) is 4.84 Å². The molecule has 110 valence electrons. The summed E-state index contributed by atoms with van der Waals surface area (Å²) >= 11 is 16.4. The van der Waals surface area contributed by atoms with E-state index in [1.54, 1.807) is 30.3 Å². The summed E-state index contributed by atoms with van der Waals surface area (Å²) in [6.45, 7) is 0. The first-order valence-corrected chi connectivity index (χ1v) is 6.87. The predicted octanol–water partition coefficient (Wildman–Crippen LogP) is 2.78. The smallest absolute Gasteiger partial charge is 0.409 e. The third-order valence-electron chi connectivity index (χ3n) is 2.29. The molecule has 8 heteroatoms. The molecule has 0 saturated heterocycles. The minimum absolute atomic E-state index is 0.114. The van der Waals surface area contributed by atoms with E-state index >= 15 is 0 Å². The monoisotopic (exact) mass is 339 g/mol. The highest BCUT2D eigenvalue weighted by molar-refractivity contribution is 6.48. The quantitative estimate of drug-likeness (QED) is 0.781. The normalized spacial score (nSPS) is 13.6. The number of benzene rings is 1. The highest BCUT2D eigenvalue weighted by Crippen LogP contribution is 2.15. The zero-order valence-electron chi connectivity index (χ0n) is 10.1. The molecule has 0 saturated carbocycles. The van der Waals surface area contributed by atoms with E-state index in [1.807, 2.05) is 0 Å². The fourth-order valence-electron chi connectivity index (χ4n) is 1.38. The summed E-state index contributed by atoms with van der Waals surface area (Å²) in [5, 5.41) is 11.3. The van der Waals surface area contributed by atoms with Crippen LogP contribution in [0.25, 0.3) is 0 Å². The molecule has 1 unspecified atom stereocenters. The second kappa shape index (κ2) is 8.19. The Labute approximate surface area is 130 Å². The molecule has 2 N–H and O–H groups in total. The van der Waals surface area contributed by atoms with E-state index < -0.39 is 28.5 Å². The Bertz CT molecular complexity index is 455. The number of carbonyl (C=O) groups excluding carboxylic acids is 1. The molecule has 1 rings (SSSR count). The fourth-order valence-corrected chi connectivity index (χ4v) is 1.56. The molecule has 1 aromatic rings. The average Bonchev–Trinajstić information content (AvgIpc) is 2.38. The van der Waals surface area contributed by atoms with Gasteiger partial charge in [-0.3, -0.25) is 0 Å². The van der Waals surface area contributed by atoms with Gasteiger partial charge in [-0.25, -0.2) is 9.59 Å². The number of alkyl halides is 3. The van der Waals surface area contributed by atoms with Crippen LogP contribution in [-0.4, -0.2) is 33.6 Å². The number of nitrogens with one attached hydrogen (secondary N) is 1. The topological polar surface area (TPSA) is 75.6 Å². The molecule has 0 aliphatic carbocycles. The molecule has 0 bridgehead atoms. The molecular formula is C12H12Cl3NO4. The number of halogens is 3. The van der Waals surface area contributed by atoms with E-state index in [0.29, 0.717) is 0 Å². The zero-order chi connectivity index (χ0) is 15.1. The minimum atomic E-state index is -1.26. The van der Waals surface area contributed by atoms with Gasteiger partial charge >= 0.3 is 12.1 Å². The van der Waals surface area contributed by atoms with Crippen LogP contribution in [0.5, 0.6) is 0 Å². The number of carboxylic acids is 1. The highest BCUT2D eigenvalue weighted by atomic mass is 35.5. The van der Waals surface area contributed by atoms with Crippen molar-refractivity contribution in [1.29, 1.82) is 0 Å². The molecule has 1 amide bonds. The maximum atomic E-state index is 11.5. The Morgan fingerprint density at radius 1 is 1.20 bits per heavy atom. The number of carboxylic acid groups (broad SMARTS) is 1. The molecule has 0 aliphatic rings. The van der Waals surface area contributed by atoms with Gasteiger partial charge in [-0.15, -0.1) is 0 Å². The number of hydrogen-bond acceptors (Lipinski definition) is 3. The van der Waals surface area contributed by atoms with Crippen molar-refractivity contribution >= 4 is 46.9 Å². The van der Waals surface area contributed by atoms with E-state index in [2.05, 4.69) is 10.1 Å². The lowest BCUT2D eigenvalue weighted by molar-refractivity contribution is -0.139. The molecule has 0 aliphatic heterocycles. The minimum Gasteiger partial charge on any atom is -0.480 e. The molecule has 0 aromatic heterocycles. The van der Waals surface area contributed by atoms with Gasteiger partial charge in [0.05, 0.1) is 0 Å². The molecule has 2 atom stereocenters. The van der Waals surface area contributed by atoms with E-state index in [0.717, 1.165) is 5.56 Å².